The van der Waals surface area contributed by atoms with Crippen LogP contribution in [0.25, 0.3) is 5.69 Å². The fourth-order valence-electron chi connectivity index (χ4n) is 2.53. The van der Waals surface area contributed by atoms with E-state index in [1.165, 1.54) is 41.1 Å². The van der Waals surface area contributed by atoms with E-state index in [9.17, 15) is 18.1 Å². The van der Waals surface area contributed by atoms with Crippen molar-refractivity contribution in [3.63, 3.8) is 0 Å². The third-order valence-electron chi connectivity index (χ3n) is 3.87. The molecule has 0 saturated carbocycles. The lowest BCUT2D eigenvalue weighted by atomic mass is 10.1. The molecule has 0 bridgehead atoms. The van der Waals surface area contributed by atoms with Crippen LogP contribution in [0.1, 0.15) is 17.7 Å². The van der Waals surface area contributed by atoms with Gasteiger partial charge in [-0.3, -0.25) is 0 Å². The SMILES string of the molecule is N#Cc1c(CCCNS(=O)(=O)c2ccc(Cl)s2)nn(-c2ccc(F)cc2)c1N. The number of benzene rings is 1. The number of anilines is 1. The van der Waals surface area contributed by atoms with Crippen LogP contribution in [0.5, 0.6) is 0 Å². The van der Waals surface area contributed by atoms with E-state index in [2.05, 4.69) is 9.82 Å². The lowest BCUT2D eigenvalue weighted by Gasteiger charge is -2.04. The predicted molar refractivity (Wildman–Crippen MR) is 105 cm³/mol. The number of sulfonamides is 1. The molecule has 0 atom stereocenters. The van der Waals surface area contributed by atoms with Crippen molar-refractivity contribution in [1.82, 2.24) is 14.5 Å². The van der Waals surface area contributed by atoms with Gasteiger partial charge in [0.1, 0.15) is 27.5 Å². The molecule has 0 amide bonds. The highest BCUT2D eigenvalue weighted by atomic mass is 35.5. The van der Waals surface area contributed by atoms with Crippen LogP contribution in [-0.2, 0) is 16.4 Å². The number of nitrogens with two attached hydrogens (primary N) is 1. The molecule has 3 aromatic rings. The third-order valence-corrected chi connectivity index (χ3v) is 7.06. The van der Waals surface area contributed by atoms with Crippen molar-refractivity contribution >= 4 is 38.8 Å². The molecule has 0 aliphatic rings. The van der Waals surface area contributed by atoms with Gasteiger partial charge in [-0.2, -0.15) is 10.4 Å². The minimum atomic E-state index is -3.63. The standard InChI is InChI=1S/C17H15ClFN5O2S2/c18-15-7-8-16(27-15)28(25,26)22-9-1-2-14-13(10-20)17(21)24(23-14)12-5-3-11(19)4-6-12/h3-8,22H,1-2,9,21H2. The van der Waals surface area contributed by atoms with Crippen LogP contribution in [0.2, 0.25) is 4.34 Å². The minimum Gasteiger partial charge on any atom is -0.382 e. The molecular formula is C17H15ClFN5O2S2. The number of rotatable bonds is 7. The second-order valence-electron chi connectivity index (χ2n) is 5.77. The molecule has 7 nitrogen and oxygen atoms in total. The molecular weight excluding hydrogens is 425 g/mol. The Morgan fingerprint density at radius 2 is 2.00 bits per heavy atom. The number of halogens is 2. The molecule has 0 unspecified atom stereocenters. The molecule has 0 fully saturated rings. The summed E-state index contributed by atoms with van der Waals surface area (Å²) in [5.41, 5.74) is 7.19. The quantitative estimate of drug-likeness (QED) is 0.549. The summed E-state index contributed by atoms with van der Waals surface area (Å²) in [4.78, 5) is 0. The van der Waals surface area contributed by atoms with Crippen LogP contribution >= 0.6 is 22.9 Å². The lowest BCUT2D eigenvalue weighted by molar-refractivity contribution is 0.580. The van der Waals surface area contributed by atoms with Crippen molar-refractivity contribution in [3.8, 4) is 11.8 Å². The smallest absolute Gasteiger partial charge is 0.250 e. The number of nitrogens with zero attached hydrogens (tertiary/aromatic N) is 3. The molecule has 0 aliphatic heterocycles. The van der Waals surface area contributed by atoms with Gasteiger partial charge in [0.2, 0.25) is 10.0 Å². The molecule has 3 N–H and O–H groups in total. The number of hydrogen-bond acceptors (Lipinski definition) is 6. The first kappa shape index (κ1) is 20.3. The van der Waals surface area contributed by atoms with Crippen molar-refractivity contribution in [1.29, 1.82) is 5.26 Å². The first-order valence-electron chi connectivity index (χ1n) is 8.10. The molecule has 3 rings (SSSR count). The van der Waals surface area contributed by atoms with Gasteiger partial charge >= 0.3 is 0 Å². The summed E-state index contributed by atoms with van der Waals surface area (Å²) in [6.07, 6.45) is 0.752. The molecule has 11 heteroatoms. The fourth-order valence-corrected chi connectivity index (χ4v) is 5.13. The average molecular weight is 440 g/mol. The average Bonchev–Trinajstić information content (AvgIpc) is 3.23. The number of nitrogen functional groups attached to an aromatic ring is 1. The van der Waals surface area contributed by atoms with Gasteiger partial charge in [0, 0.05) is 6.54 Å². The topological polar surface area (TPSA) is 114 Å². The molecule has 1 aromatic carbocycles. The van der Waals surface area contributed by atoms with Crippen LogP contribution < -0.4 is 10.5 Å². The molecule has 2 aromatic heterocycles. The van der Waals surface area contributed by atoms with E-state index >= 15 is 0 Å². The number of hydrogen-bond donors (Lipinski definition) is 2. The highest BCUT2D eigenvalue weighted by molar-refractivity contribution is 7.91. The van der Waals surface area contributed by atoms with Crippen molar-refractivity contribution in [3.05, 3.63) is 57.8 Å². The number of thiophene rings is 1. The number of nitriles is 1. The number of nitrogens with one attached hydrogen (secondary N) is 1. The Balaban J connectivity index is 1.68. The van der Waals surface area contributed by atoms with Gasteiger partial charge in [-0.1, -0.05) is 11.6 Å². The zero-order valence-electron chi connectivity index (χ0n) is 14.4. The van der Waals surface area contributed by atoms with E-state index < -0.39 is 15.8 Å². The Kier molecular flexibility index (Phi) is 6.00. The van der Waals surface area contributed by atoms with E-state index in [-0.39, 0.29) is 22.1 Å². The monoisotopic (exact) mass is 439 g/mol. The highest BCUT2D eigenvalue weighted by Gasteiger charge is 2.18. The van der Waals surface area contributed by atoms with E-state index in [1.807, 2.05) is 6.07 Å². The summed E-state index contributed by atoms with van der Waals surface area (Å²) < 4.78 is 41.8. The van der Waals surface area contributed by atoms with Gasteiger partial charge in [0.05, 0.1) is 15.7 Å². The van der Waals surface area contributed by atoms with E-state index in [0.717, 1.165) is 11.3 Å². The summed E-state index contributed by atoms with van der Waals surface area (Å²) >= 11 is 6.74. The normalized spacial score (nSPS) is 11.5. The fraction of sp³-hybridized carbons (Fsp3) is 0.176. The minimum absolute atomic E-state index is 0.139. The lowest BCUT2D eigenvalue weighted by Crippen LogP contribution is -2.24. The van der Waals surface area contributed by atoms with E-state index in [4.69, 9.17) is 17.3 Å². The molecule has 146 valence electrons. The Bertz CT molecular complexity index is 1130. The van der Waals surface area contributed by atoms with Crippen molar-refractivity contribution in [2.75, 3.05) is 12.3 Å². The van der Waals surface area contributed by atoms with Gasteiger partial charge in [-0.05, 0) is 49.2 Å². The van der Waals surface area contributed by atoms with Crippen LogP contribution in [0.3, 0.4) is 0 Å². The Labute approximate surface area is 170 Å². The summed E-state index contributed by atoms with van der Waals surface area (Å²) in [5.74, 6) is -0.243. The van der Waals surface area contributed by atoms with Gasteiger partial charge < -0.3 is 5.73 Å². The van der Waals surface area contributed by atoms with Gasteiger partial charge in [-0.15, -0.1) is 11.3 Å². The maximum atomic E-state index is 13.1. The Morgan fingerprint density at radius 1 is 1.29 bits per heavy atom. The maximum Gasteiger partial charge on any atom is 0.250 e. The number of aromatic nitrogens is 2. The van der Waals surface area contributed by atoms with Gasteiger partial charge in [0.15, 0.2) is 0 Å². The second-order valence-corrected chi connectivity index (χ2v) is 9.48. The third kappa shape index (κ3) is 4.34. The van der Waals surface area contributed by atoms with Crippen LogP contribution in [0.15, 0.2) is 40.6 Å². The first-order chi connectivity index (χ1) is 13.3. The summed E-state index contributed by atoms with van der Waals surface area (Å²) in [7, 11) is -3.63. The molecule has 0 aliphatic carbocycles. The zero-order valence-corrected chi connectivity index (χ0v) is 16.8. The van der Waals surface area contributed by atoms with Crippen molar-refractivity contribution in [2.45, 2.75) is 17.1 Å². The summed E-state index contributed by atoms with van der Waals surface area (Å²) in [5, 5.41) is 13.7. The van der Waals surface area contributed by atoms with Crippen LogP contribution in [0, 0.1) is 17.1 Å². The van der Waals surface area contributed by atoms with Crippen LogP contribution in [-0.4, -0.2) is 24.7 Å². The van der Waals surface area contributed by atoms with Crippen molar-refractivity contribution < 1.29 is 12.8 Å². The van der Waals surface area contributed by atoms with Gasteiger partial charge in [0.25, 0.3) is 0 Å². The number of aryl methyl sites for hydroxylation is 1. The Hall–Kier alpha value is -2.45. The maximum absolute atomic E-state index is 13.1. The molecule has 0 spiro atoms. The van der Waals surface area contributed by atoms with Crippen LogP contribution in [0.4, 0.5) is 10.2 Å². The molecule has 0 radical (unpaired) electrons. The summed E-state index contributed by atoms with van der Waals surface area (Å²) in [6.45, 7) is 0.159. The first-order valence-corrected chi connectivity index (χ1v) is 10.8. The molecule has 2 heterocycles. The Morgan fingerprint density at radius 3 is 2.61 bits per heavy atom. The van der Waals surface area contributed by atoms with E-state index in [1.54, 1.807) is 0 Å². The highest BCUT2D eigenvalue weighted by Crippen LogP contribution is 2.25. The molecule has 28 heavy (non-hydrogen) atoms. The van der Waals surface area contributed by atoms with Gasteiger partial charge in [-0.25, -0.2) is 22.2 Å². The second kappa shape index (κ2) is 8.28. The zero-order chi connectivity index (χ0) is 20.3. The van der Waals surface area contributed by atoms with E-state index in [0.29, 0.717) is 28.6 Å². The summed E-state index contributed by atoms with van der Waals surface area (Å²) in [6, 6.07) is 10.5. The van der Waals surface area contributed by atoms with Crippen molar-refractivity contribution in [2.24, 2.45) is 0 Å². The predicted octanol–water partition coefficient (Wildman–Crippen LogP) is 3.09. The molecule has 0 saturated heterocycles. The largest absolute Gasteiger partial charge is 0.382 e.